The van der Waals surface area contributed by atoms with Gasteiger partial charge in [0, 0.05) is 89.7 Å². The van der Waals surface area contributed by atoms with Crippen molar-refractivity contribution < 1.29 is 14.4 Å². The van der Waals surface area contributed by atoms with Crippen molar-refractivity contribution in [2.45, 2.75) is 96.8 Å². The van der Waals surface area contributed by atoms with E-state index in [-0.39, 0.29) is 23.4 Å². The molecule has 0 unspecified atom stereocenters. The summed E-state index contributed by atoms with van der Waals surface area (Å²) in [5, 5.41) is 1.14. The minimum atomic E-state index is -0.681. The molecule has 1 N–H and O–H groups in total. The van der Waals surface area contributed by atoms with Crippen LogP contribution in [0.25, 0.3) is 22.2 Å². The van der Waals surface area contributed by atoms with E-state index in [0.717, 1.165) is 64.5 Å². The predicted octanol–water partition coefficient (Wildman–Crippen LogP) is 10.9. The number of carbonyl (C=O) groups is 3. The summed E-state index contributed by atoms with van der Waals surface area (Å²) in [5.41, 5.74) is 11.9. The summed E-state index contributed by atoms with van der Waals surface area (Å²) in [6.45, 7) is 12.8. The number of aryl methyl sites for hydroxylation is 2. The average Bonchev–Trinajstić information content (AvgIpc) is 4.02. The Bertz CT molecular complexity index is 2660. The molecule has 2 fully saturated rings. The Morgan fingerprint density at radius 2 is 1.14 bits per heavy atom. The summed E-state index contributed by atoms with van der Waals surface area (Å²) in [5.74, 6) is 0.218. The van der Waals surface area contributed by atoms with Crippen molar-refractivity contribution in [1.29, 1.82) is 0 Å². The monoisotopic (exact) mass is 833 g/mol. The first kappa shape index (κ1) is 41.8. The Labute approximate surface area is 370 Å². The molecule has 2 aliphatic heterocycles. The number of carbonyl (C=O) groups excluding carboxylic acids is 3. The Morgan fingerprint density at radius 1 is 0.667 bits per heavy atom. The second-order valence-corrected chi connectivity index (χ2v) is 18.4. The average molecular weight is 834 g/mol. The van der Waals surface area contributed by atoms with Gasteiger partial charge in [-0.15, -0.1) is 0 Å². The fourth-order valence-corrected chi connectivity index (χ4v) is 10.2. The fraction of sp³-hybridized carbons (Fsp3) is 0.291. The predicted molar refractivity (Wildman–Crippen MR) is 250 cm³/mol. The van der Waals surface area contributed by atoms with E-state index in [0.29, 0.717) is 54.0 Å². The quantitative estimate of drug-likeness (QED) is 0.110. The Kier molecular flexibility index (Phi) is 11.5. The zero-order valence-electron chi connectivity index (χ0n) is 36.9. The standard InChI is InChI=1S/C55H55N5O3/c1-35-28-36(2)30-44(29-35)51-50(48-31-45(14-19-49(48)58-51)55(4,5)54(63)60-46-15-16-47(60)18-17-46)37(3)32-59(33-38-6-10-40(11-7-38)52(61)42-20-24-56-25-21-42)34-39-8-12-41(13-9-39)53(62)43-22-26-57-27-23-43/h6-14,19-31,37,46-47,58H,15-18,32-34H2,1-5H3/t37-,46?,47?/m0/s1. The molecule has 7 aromatic rings. The molecule has 2 aliphatic rings. The Balaban J connectivity index is 1.07. The maximum Gasteiger partial charge on any atom is 0.233 e. The highest BCUT2D eigenvalue weighted by Crippen LogP contribution is 2.43. The van der Waals surface area contributed by atoms with Crippen molar-refractivity contribution in [3.8, 4) is 11.3 Å². The lowest BCUT2D eigenvalue weighted by molar-refractivity contribution is -0.137. The van der Waals surface area contributed by atoms with E-state index in [1.165, 1.54) is 16.7 Å². The topological polar surface area (TPSA) is 99.3 Å². The molecular formula is C55H55N5O3. The summed E-state index contributed by atoms with van der Waals surface area (Å²) in [7, 11) is 0. The smallest absolute Gasteiger partial charge is 0.233 e. The molecule has 63 heavy (non-hydrogen) atoms. The molecule has 8 heteroatoms. The van der Waals surface area contributed by atoms with Crippen molar-refractivity contribution >= 4 is 28.4 Å². The summed E-state index contributed by atoms with van der Waals surface area (Å²) in [6.07, 6.45) is 11.0. The van der Waals surface area contributed by atoms with Crippen LogP contribution in [-0.4, -0.2) is 60.9 Å². The summed E-state index contributed by atoms with van der Waals surface area (Å²) in [4.78, 5) is 57.7. The van der Waals surface area contributed by atoms with E-state index in [9.17, 15) is 14.4 Å². The van der Waals surface area contributed by atoms with Gasteiger partial charge in [-0.25, -0.2) is 0 Å². The highest BCUT2D eigenvalue weighted by Gasteiger charge is 2.47. The van der Waals surface area contributed by atoms with Gasteiger partial charge >= 0.3 is 0 Å². The largest absolute Gasteiger partial charge is 0.354 e. The van der Waals surface area contributed by atoms with Crippen LogP contribution in [0, 0.1) is 13.8 Å². The van der Waals surface area contributed by atoms with Crippen LogP contribution in [0.2, 0.25) is 0 Å². The molecule has 4 aromatic carbocycles. The van der Waals surface area contributed by atoms with Gasteiger partial charge in [-0.2, -0.15) is 0 Å². The zero-order chi connectivity index (χ0) is 43.8. The second-order valence-electron chi connectivity index (χ2n) is 18.4. The zero-order valence-corrected chi connectivity index (χ0v) is 36.9. The lowest BCUT2D eigenvalue weighted by atomic mass is 9.81. The molecule has 5 heterocycles. The van der Waals surface area contributed by atoms with Gasteiger partial charge in [-0.05, 0) is 136 Å². The van der Waals surface area contributed by atoms with Gasteiger partial charge < -0.3 is 9.88 Å². The highest BCUT2D eigenvalue weighted by atomic mass is 16.2. The number of benzene rings is 4. The van der Waals surface area contributed by atoms with Crippen LogP contribution in [0.3, 0.4) is 0 Å². The van der Waals surface area contributed by atoms with E-state index in [2.05, 4.69) is 95.8 Å². The third kappa shape index (κ3) is 8.52. The number of nitrogens with one attached hydrogen (secondary N) is 1. The first-order chi connectivity index (χ1) is 30.4. The number of H-pyrrole nitrogens is 1. The summed E-state index contributed by atoms with van der Waals surface area (Å²) >= 11 is 0. The molecule has 318 valence electrons. The lowest BCUT2D eigenvalue weighted by Crippen LogP contribution is -2.45. The van der Waals surface area contributed by atoms with Gasteiger partial charge in [-0.3, -0.25) is 29.3 Å². The van der Waals surface area contributed by atoms with Crippen LogP contribution in [-0.2, 0) is 23.3 Å². The number of aromatic nitrogens is 3. The molecule has 8 nitrogen and oxygen atoms in total. The second kappa shape index (κ2) is 17.3. The number of amides is 1. The van der Waals surface area contributed by atoms with Crippen molar-refractivity contribution in [3.63, 3.8) is 0 Å². The molecule has 9 rings (SSSR count). The van der Waals surface area contributed by atoms with Gasteiger partial charge in [-0.1, -0.05) is 78.7 Å². The first-order valence-electron chi connectivity index (χ1n) is 22.3. The normalized spacial score (nSPS) is 16.5. The number of aromatic amines is 1. The third-order valence-electron chi connectivity index (χ3n) is 13.4. The molecule has 0 saturated carbocycles. The molecule has 2 bridgehead atoms. The maximum absolute atomic E-state index is 14.4. The number of hydrogen-bond acceptors (Lipinski definition) is 6. The number of pyridine rings is 2. The van der Waals surface area contributed by atoms with Crippen LogP contribution in [0.5, 0.6) is 0 Å². The molecule has 2 saturated heterocycles. The van der Waals surface area contributed by atoms with Gasteiger partial charge in [0.25, 0.3) is 0 Å². The van der Waals surface area contributed by atoms with Crippen molar-refractivity contribution in [3.05, 3.63) is 190 Å². The first-order valence-corrected chi connectivity index (χ1v) is 22.3. The van der Waals surface area contributed by atoms with E-state index in [1.807, 2.05) is 48.5 Å². The van der Waals surface area contributed by atoms with Gasteiger partial charge in [0.1, 0.15) is 0 Å². The van der Waals surface area contributed by atoms with E-state index in [1.54, 1.807) is 49.1 Å². The van der Waals surface area contributed by atoms with Crippen LogP contribution in [0.1, 0.15) is 118 Å². The Morgan fingerprint density at radius 3 is 1.63 bits per heavy atom. The molecule has 0 radical (unpaired) electrons. The Hall–Kier alpha value is -6.51. The number of hydrogen-bond donors (Lipinski definition) is 1. The SMILES string of the molecule is Cc1cc(C)cc(-c2[nH]c3ccc(C(C)(C)C(=O)N4C5CCC4CC5)cc3c2[C@@H](C)CN(Cc2ccc(C(=O)c3ccncc3)cc2)Cc2ccc(C(=O)c3ccncc3)cc2)c1. The van der Waals surface area contributed by atoms with Crippen LogP contribution in [0.15, 0.2) is 134 Å². The van der Waals surface area contributed by atoms with Crippen LogP contribution >= 0.6 is 0 Å². The molecular weight excluding hydrogens is 779 g/mol. The van der Waals surface area contributed by atoms with E-state index in [4.69, 9.17) is 0 Å². The van der Waals surface area contributed by atoms with Gasteiger partial charge in [0.15, 0.2) is 11.6 Å². The summed E-state index contributed by atoms with van der Waals surface area (Å²) in [6, 6.07) is 36.9. The number of fused-ring (bicyclic) bond motifs is 3. The third-order valence-corrected chi connectivity index (χ3v) is 13.4. The molecule has 1 atom stereocenters. The minimum Gasteiger partial charge on any atom is -0.354 e. The number of ketones is 2. The minimum absolute atomic E-state index is 0.0360. The summed E-state index contributed by atoms with van der Waals surface area (Å²) < 4.78 is 0. The van der Waals surface area contributed by atoms with Gasteiger partial charge in [0.2, 0.25) is 5.91 Å². The highest BCUT2D eigenvalue weighted by molar-refractivity contribution is 6.09. The number of nitrogens with zero attached hydrogens (tertiary/aromatic N) is 4. The van der Waals surface area contributed by atoms with Crippen molar-refractivity contribution in [2.75, 3.05) is 6.54 Å². The van der Waals surface area contributed by atoms with Crippen molar-refractivity contribution in [2.24, 2.45) is 0 Å². The van der Waals surface area contributed by atoms with Gasteiger partial charge in [0.05, 0.1) is 11.1 Å². The molecule has 0 spiro atoms. The molecule has 3 aromatic heterocycles. The van der Waals surface area contributed by atoms with E-state index >= 15 is 0 Å². The maximum atomic E-state index is 14.4. The van der Waals surface area contributed by atoms with E-state index < -0.39 is 5.41 Å². The fourth-order valence-electron chi connectivity index (χ4n) is 10.2. The molecule has 1 amide bonds. The van der Waals surface area contributed by atoms with Crippen LogP contribution < -0.4 is 0 Å². The number of rotatable bonds is 14. The lowest BCUT2D eigenvalue weighted by Gasteiger charge is -2.33. The van der Waals surface area contributed by atoms with Crippen LogP contribution in [0.4, 0.5) is 0 Å². The molecule has 0 aliphatic carbocycles. The van der Waals surface area contributed by atoms with Crippen molar-refractivity contribution in [1.82, 2.24) is 24.8 Å².